The van der Waals surface area contributed by atoms with Crippen LogP contribution in [0.1, 0.15) is 44.4 Å². The Morgan fingerprint density at radius 2 is 1.88 bits per heavy atom. The van der Waals surface area contributed by atoms with E-state index in [-0.39, 0.29) is 18.2 Å². The summed E-state index contributed by atoms with van der Waals surface area (Å²) in [4.78, 5) is 7.40. The highest BCUT2D eigenvalue weighted by Gasteiger charge is 2.25. The monoisotopic (exact) mass is 430 g/mol. The second kappa shape index (κ2) is 8.15. The van der Waals surface area contributed by atoms with E-state index in [4.69, 9.17) is 15.5 Å². The fourth-order valence-corrected chi connectivity index (χ4v) is 4.53. The quantitative estimate of drug-likeness (QED) is 0.513. The molecular formula is C25H30N6O. The second-order valence-corrected chi connectivity index (χ2v) is 9.06. The number of benzene rings is 1. The van der Waals surface area contributed by atoms with Gasteiger partial charge in [-0.2, -0.15) is 0 Å². The van der Waals surface area contributed by atoms with Crippen LogP contribution < -0.4 is 10.5 Å². The SMILES string of the molecule is Cc1c(OC(C)C)ccc2ccc(-c3nnc4ccc([C@H](C)N5CC[C@H](N)C5)cn34)nc12. The van der Waals surface area contributed by atoms with Crippen LogP contribution >= 0.6 is 0 Å². The first-order valence-electron chi connectivity index (χ1n) is 11.3. The molecule has 7 nitrogen and oxygen atoms in total. The summed E-state index contributed by atoms with van der Waals surface area (Å²) in [5, 5.41) is 9.93. The minimum absolute atomic E-state index is 0.111. The summed E-state index contributed by atoms with van der Waals surface area (Å²) < 4.78 is 8.01. The smallest absolute Gasteiger partial charge is 0.187 e. The van der Waals surface area contributed by atoms with Gasteiger partial charge in [0.05, 0.1) is 11.6 Å². The highest BCUT2D eigenvalue weighted by Crippen LogP contribution is 2.30. The molecule has 0 bridgehead atoms. The molecule has 1 aliphatic heterocycles. The third kappa shape index (κ3) is 3.72. The number of nitrogens with zero attached hydrogens (tertiary/aromatic N) is 5. The van der Waals surface area contributed by atoms with E-state index in [1.807, 2.05) is 36.4 Å². The molecule has 2 N–H and O–H groups in total. The molecule has 32 heavy (non-hydrogen) atoms. The molecule has 0 amide bonds. The summed E-state index contributed by atoms with van der Waals surface area (Å²) in [5.74, 6) is 1.60. The van der Waals surface area contributed by atoms with Crippen LogP contribution in [0.15, 0.2) is 42.6 Å². The molecule has 1 aromatic carbocycles. The summed E-state index contributed by atoms with van der Waals surface area (Å²) in [6, 6.07) is 12.9. The second-order valence-electron chi connectivity index (χ2n) is 9.06. The van der Waals surface area contributed by atoms with Gasteiger partial charge in [0, 0.05) is 42.3 Å². The Balaban J connectivity index is 1.56. The van der Waals surface area contributed by atoms with Crippen molar-refractivity contribution in [2.45, 2.75) is 52.3 Å². The predicted octanol–water partition coefficient (Wildman–Crippen LogP) is 4.13. The van der Waals surface area contributed by atoms with E-state index in [0.29, 0.717) is 0 Å². The van der Waals surface area contributed by atoms with Gasteiger partial charge in [0.15, 0.2) is 11.5 Å². The van der Waals surface area contributed by atoms with Gasteiger partial charge >= 0.3 is 0 Å². The first kappa shape index (κ1) is 20.8. The third-order valence-electron chi connectivity index (χ3n) is 6.37. The van der Waals surface area contributed by atoms with E-state index in [2.05, 4.69) is 53.3 Å². The predicted molar refractivity (Wildman–Crippen MR) is 127 cm³/mol. The Bertz CT molecular complexity index is 1280. The van der Waals surface area contributed by atoms with Crippen LogP contribution in [0.5, 0.6) is 5.75 Å². The molecular weight excluding hydrogens is 400 g/mol. The van der Waals surface area contributed by atoms with E-state index in [1.54, 1.807) is 0 Å². The molecule has 0 aliphatic carbocycles. The zero-order valence-corrected chi connectivity index (χ0v) is 19.1. The number of rotatable bonds is 5. The van der Waals surface area contributed by atoms with Gasteiger partial charge < -0.3 is 10.5 Å². The molecule has 0 spiro atoms. The van der Waals surface area contributed by atoms with E-state index in [1.165, 1.54) is 5.56 Å². The molecule has 166 valence electrons. The summed E-state index contributed by atoms with van der Waals surface area (Å²) >= 11 is 0. The molecule has 1 saturated heterocycles. The molecule has 5 rings (SSSR count). The van der Waals surface area contributed by atoms with Crippen LogP contribution in [0.3, 0.4) is 0 Å². The average Bonchev–Trinajstić information content (AvgIpc) is 3.40. The highest BCUT2D eigenvalue weighted by atomic mass is 16.5. The van der Waals surface area contributed by atoms with Crippen molar-refractivity contribution in [2.75, 3.05) is 13.1 Å². The van der Waals surface area contributed by atoms with E-state index in [0.717, 1.165) is 58.9 Å². The van der Waals surface area contributed by atoms with Crippen molar-refractivity contribution in [2.24, 2.45) is 5.73 Å². The maximum absolute atomic E-state index is 6.13. The average molecular weight is 431 g/mol. The van der Waals surface area contributed by atoms with Crippen molar-refractivity contribution < 1.29 is 4.74 Å². The van der Waals surface area contributed by atoms with Crippen LogP contribution in [0.2, 0.25) is 0 Å². The van der Waals surface area contributed by atoms with E-state index >= 15 is 0 Å². The number of aryl methyl sites for hydroxylation is 1. The molecule has 1 fully saturated rings. The maximum atomic E-state index is 6.13. The van der Waals surface area contributed by atoms with E-state index in [9.17, 15) is 0 Å². The lowest BCUT2D eigenvalue weighted by atomic mass is 10.1. The number of pyridine rings is 2. The first-order valence-corrected chi connectivity index (χ1v) is 11.3. The molecule has 1 aliphatic rings. The standard InChI is InChI=1S/C25H30N6O/c1-15(2)32-22-9-6-18-5-8-21(27-24(18)16(22)3)25-29-28-23-10-7-19(13-31(23)25)17(4)30-12-11-20(26)14-30/h5-10,13,15,17,20H,11-12,14,26H2,1-4H3/t17-,20-/m0/s1. The minimum atomic E-state index is 0.111. The van der Waals surface area contributed by atoms with Crippen molar-refractivity contribution in [3.05, 3.63) is 53.7 Å². The van der Waals surface area contributed by atoms with Gasteiger partial charge in [-0.15, -0.1) is 10.2 Å². The molecule has 0 saturated carbocycles. The molecule has 0 unspecified atom stereocenters. The Hall–Kier alpha value is -3.03. The number of likely N-dealkylation sites (tertiary alicyclic amines) is 1. The van der Waals surface area contributed by atoms with Gasteiger partial charge in [-0.1, -0.05) is 12.1 Å². The van der Waals surface area contributed by atoms with Gasteiger partial charge in [-0.05, 0) is 63.9 Å². The summed E-state index contributed by atoms with van der Waals surface area (Å²) in [6.07, 6.45) is 3.30. The van der Waals surface area contributed by atoms with Crippen LogP contribution in [-0.2, 0) is 0 Å². The van der Waals surface area contributed by atoms with Crippen LogP contribution in [-0.4, -0.2) is 49.7 Å². The van der Waals surface area contributed by atoms with Gasteiger partial charge in [0.2, 0.25) is 0 Å². The Morgan fingerprint density at radius 1 is 1.06 bits per heavy atom. The van der Waals surface area contributed by atoms with Crippen molar-refractivity contribution in [3.8, 4) is 17.3 Å². The van der Waals surface area contributed by atoms with Crippen LogP contribution in [0.4, 0.5) is 0 Å². The summed E-state index contributed by atoms with van der Waals surface area (Å²) in [6.45, 7) is 10.3. The van der Waals surface area contributed by atoms with Gasteiger partial charge in [0.25, 0.3) is 0 Å². The number of nitrogens with two attached hydrogens (primary N) is 1. The fourth-order valence-electron chi connectivity index (χ4n) is 4.53. The topological polar surface area (TPSA) is 81.6 Å². The highest BCUT2D eigenvalue weighted by molar-refractivity contribution is 5.85. The summed E-state index contributed by atoms with van der Waals surface area (Å²) in [7, 11) is 0. The lowest BCUT2D eigenvalue weighted by Crippen LogP contribution is -2.28. The van der Waals surface area contributed by atoms with Gasteiger partial charge in [-0.3, -0.25) is 9.30 Å². The molecule has 4 aromatic rings. The van der Waals surface area contributed by atoms with Crippen molar-refractivity contribution in [1.82, 2.24) is 24.5 Å². The third-order valence-corrected chi connectivity index (χ3v) is 6.37. The van der Waals surface area contributed by atoms with Crippen LogP contribution in [0.25, 0.3) is 28.1 Å². The lowest BCUT2D eigenvalue weighted by Gasteiger charge is -2.24. The van der Waals surface area contributed by atoms with Crippen LogP contribution in [0, 0.1) is 6.92 Å². The molecule has 0 radical (unpaired) electrons. The van der Waals surface area contributed by atoms with E-state index < -0.39 is 0 Å². The van der Waals surface area contributed by atoms with Crippen molar-refractivity contribution in [1.29, 1.82) is 0 Å². The molecule has 2 atom stereocenters. The molecule has 4 heterocycles. The fraction of sp³-hybridized carbons (Fsp3) is 0.400. The maximum Gasteiger partial charge on any atom is 0.187 e. The van der Waals surface area contributed by atoms with Crippen molar-refractivity contribution in [3.63, 3.8) is 0 Å². The van der Waals surface area contributed by atoms with Gasteiger partial charge in [-0.25, -0.2) is 4.98 Å². The first-order chi connectivity index (χ1) is 15.4. The number of hydrogen-bond donors (Lipinski definition) is 1. The Kier molecular flexibility index (Phi) is 5.31. The number of aromatic nitrogens is 4. The number of ether oxygens (including phenoxy) is 1. The minimum Gasteiger partial charge on any atom is -0.491 e. The number of fused-ring (bicyclic) bond motifs is 2. The molecule has 3 aromatic heterocycles. The molecule has 7 heteroatoms. The largest absolute Gasteiger partial charge is 0.491 e. The zero-order chi connectivity index (χ0) is 22.4. The Labute approximate surface area is 188 Å². The lowest BCUT2D eigenvalue weighted by molar-refractivity contribution is 0.241. The Morgan fingerprint density at radius 3 is 2.62 bits per heavy atom. The van der Waals surface area contributed by atoms with Crippen molar-refractivity contribution >= 4 is 16.6 Å². The summed E-state index contributed by atoms with van der Waals surface area (Å²) in [5.41, 5.74) is 10.9. The zero-order valence-electron chi connectivity index (χ0n) is 19.1. The normalized spacial score (nSPS) is 18.1. The number of hydrogen-bond acceptors (Lipinski definition) is 6. The van der Waals surface area contributed by atoms with Gasteiger partial charge in [0.1, 0.15) is 11.4 Å².